The summed E-state index contributed by atoms with van der Waals surface area (Å²) < 4.78 is 36.3. The van der Waals surface area contributed by atoms with Crippen LogP contribution in [-0.2, 0) is 14.3 Å². The molecule has 1 heterocycles. The Hall–Kier alpha value is -2.22. The van der Waals surface area contributed by atoms with Gasteiger partial charge in [-0.3, -0.25) is 4.79 Å². The van der Waals surface area contributed by atoms with Gasteiger partial charge in [0.15, 0.2) is 17.7 Å². The van der Waals surface area contributed by atoms with Crippen molar-refractivity contribution in [1.29, 1.82) is 0 Å². The molecule has 0 radical (unpaired) electrons. The molecule has 8 heteroatoms. The predicted octanol–water partition coefficient (Wildman–Crippen LogP) is 1.44. The number of hydrogen-bond acceptors (Lipinski definition) is 4. The number of ether oxygens (including phenoxy) is 2. The van der Waals surface area contributed by atoms with Gasteiger partial charge in [0.2, 0.25) is 5.91 Å². The van der Waals surface area contributed by atoms with E-state index in [1.165, 1.54) is 11.0 Å². The molecule has 1 amide bonds. The van der Waals surface area contributed by atoms with Crippen molar-refractivity contribution in [3.8, 4) is 5.75 Å². The molecule has 6 nitrogen and oxygen atoms in total. The molecular weight excluding hydrogens is 312 g/mol. The lowest BCUT2D eigenvalue weighted by Crippen LogP contribution is -2.48. The first-order chi connectivity index (χ1) is 11.0. The lowest BCUT2D eigenvalue weighted by molar-refractivity contribution is -0.159. The summed E-state index contributed by atoms with van der Waals surface area (Å²) in [4.78, 5) is 24.3. The highest BCUT2D eigenvalue weighted by Crippen LogP contribution is 2.18. The maximum Gasteiger partial charge on any atom is 0.334 e. The van der Waals surface area contributed by atoms with Crippen LogP contribution in [-0.4, -0.2) is 54.3 Å². The molecule has 1 N–H and O–H groups in total. The SMILES string of the molecule is O=C(O)[C@H]1CN(C(=O)CCCOc2ccc(F)cc2F)CCO1. The van der Waals surface area contributed by atoms with Gasteiger partial charge in [-0.2, -0.15) is 0 Å². The molecule has 1 aromatic rings. The predicted molar refractivity (Wildman–Crippen MR) is 75.0 cm³/mol. The maximum atomic E-state index is 13.3. The molecule has 1 aliphatic rings. The third-order valence-corrected chi connectivity index (χ3v) is 3.38. The number of amides is 1. The highest BCUT2D eigenvalue weighted by molar-refractivity contribution is 5.78. The van der Waals surface area contributed by atoms with E-state index in [2.05, 4.69) is 0 Å². The van der Waals surface area contributed by atoms with Crippen LogP contribution in [0.25, 0.3) is 0 Å². The van der Waals surface area contributed by atoms with Gasteiger partial charge in [-0.25, -0.2) is 13.6 Å². The first-order valence-electron chi connectivity index (χ1n) is 7.17. The van der Waals surface area contributed by atoms with E-state index in [1.54, 1.807) is 0 Å². The van der Waals surface area contributed by atoms with E-state index in [0.717, 1.165) is 12.1 Å². The smallest absolute Gasteiger partial charge is 0.334 e. The number of morpholine rings is 1. The zero-order valence-corrected chi connectivity index (χ0v) is 12.3. The van der Waals surface area contributed by atoms with Crippen molar-refractivity contribution in [3.05, 3.63) is 29.8 Å². The largest absolute Gasteiger partial charge is 0.491 e. The van der Waals surface area contributed by atoms with Crippen LogP contribution >= 0.6 is 0 Å². The Morgan fingerprint density at radius 3 is 2.87 bits per heavy atom. The van der Waals surface area contributed by atoms with E-state index in [9.17, 15) is 18.4 Å². The monoisotopic (exact) mass is 329 g/mol. The minimum Gasteiger partial charge on any atom is -0.491 e. The molecule has 0 bridgehead atoms. The maximum absolute atomic E-state index is 13.3. The van der Waals surface area contributed by atoms with Crippen molar-refractivity contribution in [3.63, 3.8) is 0 Å². The molecule has 0 saturated carbocycles. The Kier molecular flexibility index (Phi) is 5.86. The van der Waals surface area contributed by atoms with Crippen LogP contribution in [0.2, 0.25) is 0 Å². The lowest BCUT2D eigenvalue weighted by Gasteiger charge is -2.30. The number of carboxylic acid groups (broad SMARTS) is 1. The number of halogens is 2. The highest BCUT2D eigenvalue weighted by Gasteiger charge is 2.28. The molecule has 1 saturated heterocycles. The number of carbonyl (C=O) groups excluding carboxylic acids is 1. The number of hydrogen-bond donors (Lipinski definition) is 1. The summed E-state index contributed by atoms with van der Waals surface area (Å²) in [5, 5.41) is 8.88. The first-order valence-corrected chi connectivity index (χ1v) is 7.17. The van der Waals surface area contributed by atoms with Gasteiger partial charge < -0.3 is 19.5 Å². The summed E-state index contributed by atoms with van der Waals surface area (Å²) in [5.41, 5.74) is 0. The van der Waals surface area contributed by atoms with Crippen LogP contribution in [0.5, 0.6) is 5.75 Å². The summed E-state index contributed by atoms with van der Waals surface area (Å²) in [6.07, 6.45) is -0.517. The fraction of sp³-hybridized carbons (Fsp3) is 0.467. The second kappa shape index (κ2) is 7.87. The first kappa shape index (κ1) is 17.1. The fourth-order valence-electron chi connectivity index (χ4n) is 2.18. The number of aliphatic carboxylic acids is 1. The fourth-order valence-corrected chi connectivity index (χ4v) is 2.18. The topological polar surface area (TPSA) is 76.1 Å². The van der Waals surface area contributed by atoms with Gasteiger partial charge in [-0.05, 0) is 18.6 Å². The van der Waals surface area contributed by atoms with Crippen molar-refractivity contribution >= 4 is 11.9 Å². The molecule has 1 fully saturated rings. The zero-order valence-electron chi connectivity index (χ0n) is 12.3. The summed E-state index contributed by atoms with van der Waals surface area (Å²) in [5.74, 6) is -2.87. The van der Waals surface area contributed by atoms with Crippen molar-refractivity contribution in [2.24, 2.45) is 0 Å². The Morgan fingerprint density at radius 1 is 1.39 bits per heavy atom. The molecule has 0 unspecified atom stereocenters. The molecule has 0 aliphatic carbocycles. The van der Waals surface area contributed by atoms with E-state index in [0.29, 0.717) is 13.0 Å². The quantitative estimate of drug-likeness (QED) is 0.799. The van der Waals surface area contributed by atoms with Crippen molar-refractivity contribution < 1.29 is 33.0 Å². The summed E-state index contributed by atoms with van der Waals surface area (Å²) >= 11 is 0. The van der Waals surface area contributed by atoms with Crippen LogP contribution in [0, 0.1) is 11.6 Å². The van der Waals surface area contributed by atoms with Crippen molar-refractivity contribution in [1.82, 2.24) is 4.90 Å². The third kappa shape index (κ3) is 4.88. The van der Waals surface area contributed by atoms with Crippen molar-refractivity contribution in [2.45, 2.75) is 18.9 Å². The second-order valence-electron chi connectivity index (χ2n) is 5.06. The van der Waals surface area contributed by atoms with Crippen molar-refractivity contribution in [2.75, 3.05) is 26.3 Å². The second-order valence-corrected chi connectivity index (χ2v) is 5.06. The van der Waals surface area contributed by atoms with Crippen LogP contribution in [0.15, 0.2) is 18.2 Å². The number of carboxylic acids is 1. The molecule has 0 spiro atoms. The van der Waals surface area contributed by atoms with E-state index >= 15 is 0 Å². The molecule has 1 atom stereocenters. The molecule has 23 heavy (non-hydrogen) atoms. The van der Waals surface area contributed by atoms with Crippen LogP contribution in [0.4, 0.5) is 8.78 Å². The third-order valence-electron chi connectivity index (χ3n) is 3.38. The van der Waals surface area contributed by atoms with E-state index in [4.69, 9.17) is 14.6 Å². The Morgan fingerprint density at radius 2 is 2.17 bits per heavy atom. The summed E-state index contributed by atoms with van der Waals surface area (Å²) in [6, 6.07) is 3.00. The lowest BCUT2D eigenvalue weighted by atomic mass is 10.2. The number of nitrogens with zero attached hydrogens (tertiary/aromatic N) is 1. The van der Waals surface area contributed by atoms with Crippen LogP contribution < -0.4 is 4.74 Å². The molecule has 0 aromatic heterocycles. The average molecular weight is 329 g/mol. The van der Waals surface area contributed by atoms with Gasteiger partial charge in [-0.15, -0.1) is 0 Å². The minimum absolute atomic E-state index is 0.0155. The Balaban J connectivity index is 1.73. The molecule has 2 rings (SSSR count). The van der Waals surface area contributed by atoms with E-state index < -0.39 is 23.7 Å². The standard InChI is InChI=1S/C15H17F2NO5/c16-10-3-4-12(11(17)8-10)22-6-1-2-14(19)18-5-7-23-13(9-18)15(20)21/h3-4,8,13H,1-2,5-7,9H2,(H,20,21)/t13-/m1/s1. The van der Waals surface area contributed by atoms with E-state index in [-0.39, 0.29) is 37.8 Å². The van der Waals surface area contributed by atoms with Gasteiger partial charge in [-0.1, -0.05) is 0 Å². The number of benzene rings is 1. The van der Waals surface area contributed by atoms with Crippen LogP contribution in [0.1, 0.15) is 12.8 Å². The molecular formula is C15H17F2NO5. The summed E-state index contributed by atoms with van der Waals surface area (Å²) in [6.45, 7) is 0.638. The van der Waals surface area contributed by atoms with Gasteiger partial charge in [0, 0.05) is 19.0 Å². The van der Waals surface area contributed by atoms with Gasteiger partial charge in [0.25, 0.3) is 0 Å². The van der Waals surface area contributed by atoms with Gasteiger partial charge in [0.1, 0.15) is 5.82 Å². The van der Waals surface area contributed by atoms with Gasteiger partial charge in [0.05, 0.1) is 19.8 Å². The molecule has 1 aromatic carbocycles. The average Bonchev–Trinajstić information content (AvgIpc) is 2.53. The zero-order chi connectivity index (χ0) is 16.8. The number of rotatable bonds is 6. The van der Waals surface area contributed by atoms with Crippen LogP contribution in [0.3, 0.4) is 0 Å². The normalized spacial score (nSPS) is 17.8. The summed E-state index contributed by atoms with van der Waals surface area (Å²) in [7, 11) is 0. The minimum atomic E-state index is -1.10. The highest BCUT2D eigenvalue weighted by atomic mass is 19.1. The Labute approximate surface area is 131 Å². The van der Waals surface area contributed by atoms with Gasteiger partial charge >= 0.3 is 5.97 Å². The molecule has 1 aliphatic heterocycles. The Bertz CT molecular complexity index is 581. The van der Waals surface area contributed by atoms with E-state index in [1.807, 2.05) is 0 Å². The number of carbonyl (C=O) groups is 2. The molecule has 126 valence electrons.